The van der Waals surface area contributed by atoms with Crippen LogP contribution in [0.25, 0.3) is 0 Å². The topological polar surface area (TPSA) is 97.2 Å². The Labute approximate surface area is 160 Å². The molecule has 8 heteroatoms. The molecule has 0 radical (unpaired) electrons. The number of aromatic nitrogens is 3. The molecule has 0 fully saturated rings. The molecule has 140 valence electrons. The van der Waals surface area contributed by atoms with Gasteiger partial charge in [-0.15, -0.1) is 0 Å². The standard InChI is InChI=1S/C20H17N5O3/c26-18(13-24-19(27)15-8-4-5-9-16(15)20(24)28)23-17(12-25-21-10-11-22-25)14-6-2-1-3-7-14/h1-11,17H,12-13H2,(H,23,26). The molecule has 1 aliphatic heterocycles. The van der Waals surface area contributed by atoms with Gasteiger partial charge in [0.15, 0.2) is 0 Å². The molecule has 1 unspecified atom stereocenters. The minimum absolute atomic E-state index is 0.320. The van der Waals surface area contributed by atoms with Gasteiger partial charge in [-0.3, -0.25) is 19.3 Å². The first-order valence-electron chi connectivity index (χ1n) is 8.77. The first-order valence-corrected chi connectivity index (χ1v) is 8.77. The zero-order valence-electron chi connectivity index (χ0n) is 14.9. The second kappa shape index (κ2) is 7.43. The highest BCUT2D eigenvalue weighted by Crippen LogP contribution is 2.22. The Hall–Kier alpha value is -3.81. The van der Waals surface area contributed by atoms with E-state index in [4.69, 9.17) is 0 Å². The Kier molecular flexibility index (Phi) is 4.67. The van der Waals surface area contributed by atoms with Gasteiger partial charge < -0.3 is 5.32 Å². The van der Waals surface area contributed by atoms with Crippen LogP contribution in [0.5, 0.6) is 0 Å². The molecule has 1 atom stereocenters. The van der Waals surface area contributed by atoms with Crippen molar-refractivity contribution in [2.75, 3.05) is 6.54 Å². The Morgan fingerprint density at radius 2 is 1.46 bits per heavy atom. The normalized spacial score (nSPS) is 14.1. The summed E-state index contributed by atoms with van der Waals surface area (Å²) in [4.78, 5) is 40.0. The molecule has 1 aliphatic rings. The summed E-state index contributed by atoms with van der Waals surface area (Å²) < 4.78 is 0. The molecule has 8 nitrogen and oxygen atoms in total. The van der Waals surface area contributed by atoms with Crippen LogP contribution in [0.15, 0.2) is 67.0 Å². The first kappa shape index (κ1) is 17.6. The molecule has 2 heterocycles. The number of hydrogen-bond donors (Lipinski definition) is 1. The number of amides is 3. The Balaban J connectivity index is 1.49. The molecule has 0 saturated carbocycles. The summed E-state index contributed by atoms with van der Waals surface area (Å²) in [5.41, 5.74) is 1.51. The van der Waals surface area contributed by atoms with Gasteiger partial charge in [0.1, 0.15) is 6.54 Å². The van der Waals surface area contributed by atoms with E-state index in [1.54, 1.807) is 36.7 Å². The monoisotopic (exact) mass is 375 g/mol. The third-order valence-corrected chi connectivity index (χ3v) is 4.53. The van der Waals surface area contributed by atoms with Gasteiger partial charge in [-0.2, -0.15) is 15.0 Å². The van der Waals surface area contributed by atoms with Gasteiger partial charge in [0.25, 0.3) is 11.8 Å². The lowest BCUT2D eigenvalue weighted by molar-refractivity contribution is -0.122. The highest BCUT2D eigenvalue weighted by Gasteiger charge is 2.36. The number of fused-ring (bicyclic) bond motifs is 1. The van der Waals surface area contributed by atoms with Crippen molar-refractivity contribution in [2.45, 2.75) is 12.6 Å². The van der Waals surface area contributed by atoms with E-state index in [-0.39, 0.29) is 6.54 Å². The fourth-order valence-electron chi connectivity index (χ4n) is 3.19. The summed E-state index contributed by atoms with van der Waals surface area (Å²) >= 11 is 0. The predicted molar refractivity (Wildman–Crippen MR) is 99.2 cm³/mol. The van der Waals surface area contributed by atoms with Gasteiger partial charge >= 0.3 is 0 Å². The highest BCUT2D eigenvalue weighted by molar-refractivity contribution is 6.22. The van der Waals surface area contributed by atoms with Crippen LogP contribution in [-0.4, -0.2) is 44.2 Å². The van der Waals surface area contributed by atoms with Crippen molar-refractivity contribution in [3.05, 3.63) is 83.7 Å². The number of hydrogen-bond acceptors (Lipinski definition) is 5. The fraction of sp³-hybridized carbons (Fsp3) is 0.150. The Morgan fingerprint density at radius 1 is 0.893 bits per heavy atom. The molecule has 1 N–H and O–H groups in total. The summed E-state index contributed by atoms with van der Waals surface area (Å²) in [5, 5.41) is 11.0. The average molecular weight is 375 g/mol. The molecule has 28 heavy (non-hydrogen) atoms. The SMILES string of the molecule is O=C(CN1C(=O)c2ccccc2C1=O)NC(Cn1nccn1)c1ccccc1. The summed E-state index contributed by atoms with van der Waals surface area (Å²) in [6, 6.07) is 15.5. The number of rotatable bonds is 6. The van der Waals surface area contributed by atoms with Crippen LogP contribution in [0, 0.1) is 0 Å². The van der Waals surface area contributed by atoms with Crippen LogP contribution in [0.3, 0.4) is 0 Å². The zero-order valence-corrected chi connectivity index (χ0v) is 14.9. The quantitative estimate of drug-likeness (QED) is 0.658. The fourth-order valence-corrected chi connectivity index (χ4v) is 3.19. The van der Waals surface area contributed by atoms with Crippen LogP contribution in [0.4, 0.5) is 0 Å². The van der Waals surface area contributed by atoms with Crippen LogP contribution in [0.1, 0.15) is 32.3 Å². The minimum Gasteiger partial charge on any atom is -0.346 e. The Bertz CT molecular complexity index is 982. The lowest BCUT2D eigenvalue weighted by Crippen LogP contribution is -2.42. The second-order valence-corrected chi connectivity index (χ2v) is 6.36. The minimum atomic E-state index is -0.458. The van der Waals surface area contributed by atoms with Crippen molar-refractivity contribution >= 4 is 17.7 Å². The molecule has 1 aromatic heterocycles. The van der Waals surface area contributed by atoms with Crippen LogP contribution >= 0.6 is 0 Å². The molecule has 0 spiro atoms. The molecule has 2 aromatic carbocycles. The van der Waals surface area contributed by atoms with Gasteiger partial charge in [-0.25, -0.2) is 0 Å². The summed E-state index contributed by atoms with van der Waals surface area (Å²) in [6.45, 7) is -0.0207. The molecule has 4 rings (SSSR count). The van der Waals surface area contributed by atoms with E-state index in [9.17, 15) is 14.4 Å². The van der Waals surface area contributed by atoms with Gasteiger partial charge in [-0.05, 0) is 17.7 Å². The largest absolute Gasteiger partial charge is 0.346 e. The number of nitrogens with one attached hydrogen (secondary N) is 1. The van der Waals surface area contributed by atoms with Gasteiger partial charge in [-0.1, -0.05) is 42.5 Å². The summed E-state index contributed by atoms with van der Waals surface area (Å²) in [7, 11) is 0. The molecule has 0 aliphatic carbocycles. The maximum absolute atomic E-state index is 12.6. The van der Waals surface area contributed by atoms with E-state index in [1.165, 1.54) is 4.80 Å². The number of carbonyl (C=O) groups excluding carboxylic acids is 3. The van der Waals surface area contributed by atoms with Crippen molar-refractivity contribution in [1.82, 2.24) is 25.2 Å². The van der Waals surface area contributed by atoms with Crippen molar-refractivity contribution in [2.24, 2.45) is 0 Å². The molecule has 3 amide bonds. The van der Waals surface area contributed by atoms with E-state index in [2.05, 4.69) is 15.5 Å². The Morgan fingerprint density at radius 3 is 2.07 bits per heavy atom. The van der Waals surface area contributed by atoms with Crippen molar-refractivity contribution in [3.63, 3.8) is 0 Å². The van der Waals surface area contributed by atoms with E-state index in [0.717, 1.165) is 10.5 Å². The summed E-state index contributed by atoms with van der Waals surface area (Å²) in [6.07, 6.45) is 3.12. The maximum atomic E-state index is 12.6. The molecule has 0 saturated heterocycles. The first-order chi connectivity index (χ1) is 13.6. The molecule has 3 aromatic rings. The third-order valence-electron chi connectivity index (χ3n) is 4.53. The van der Waals surface area contributed by atoms with E-state index in [0.29, 0.717) is 17.7 Å². The van der Waals surface area contributed by atoms with Gasteiger partial charge in [0, 0.05) is 0 Å². The van der Waals surface area contributed by atoms with Gasteiger partial charge in [0.2, 0.25) is 5.91 Å². The van der Waals surface area contributed by atoms with Gasteiger partial charge in [0.05, 0.1) is 36.1 Å². The van der Waals surface area contributed by atoms with Crippen LogP contribution < -0.4 is 5.32 Å². The van der Waals surface area contributed by atoms with Crippen LogP contribution in [0.2, 0.25) is 0 Å². The van der Waals surface area contributed by atoms with Crippen molar-refractivity contribution in [1.29, 1.82) is 0 Å². The van der Waals surface area contributed by atoms with E-state index >= 15 is 0 Å². The number of benzene rings is 2. The van der Waals surface area contributed by atoms with E-state index in [1.807, 2.05) is 30.3 Å². The third kappa shape index (κ3) is 3.39. The number of carbonyl (C=O) groups is 3. The molecule has 0 bridgehead atoms. The highest BCUT2D eigenvalue weighted by atomic mass is 16.2. The maximum Gasteiger partial charge on any atom is 0.262 e. The van der Waals surface area contributed by atoms with E-state index < -0.39 is 23.8 Å². The number of nitrogens with zero attached hydrogens (tertiary/aromatic N) is 4. The number of imide groups is 1. The molecular formula is C20H17N5O3. The summed E-state index contributed by atoms with van der Waals surface area (Å²) in [5.74, 6) is -1.35. The lowest BCUT2D eigenvalue weighted by Gasteiger charge is -2.20. The van der Waals surface area contributed by atoms with Crippen molar-refractivity contribution < 1.29 is 14.4 Å². The average Bonchev–Trinajstić information content (AvgIpc) is 3.31. The zero-order chi connectivity index (χ0) is 19.5. The van der Waals surface area contributed by atoms with Crippen molar-refractivity contribution in [3.8, 4) is 0 Å². The smallest absolute Gasteiger partial charge is 0.262 e. The van der Waals surface area contributed by atoms with Crippen LogP contribution in [-0.2, 0) is 11.3 Å². The molecular weight excluding hydrogens is 358 g/mol. The lowest BCUT2D eigenvalue weighted by atomic mass is 10.1. The second-order valence-electron chi connectivity index (χ2n) is 6.36. The predicted octanol–water partition coefficient (Wildman–Crippen LogP) is 1.43.